The lowest BCUT2D eigenvalue weighted by Gasteiger charge is -2.27. The highest BCUT2D eigenvalue weighted by atomic mass is 19.1. The molecule has 2 aromatic heterocycles. The number of nitrogens with zero attached hydrogens (tertiary/aromatic N) is 3. The number of imidazole rings is 1. The van der Waals surface area contributed by atoms with Crippen LogP contribution in [-0.4, -0.2) is 43.3 Å². The third-order valence-corrected chi connectivity index (χ3v) is 7.55. The monoisotopic (exact) mass is 510 g/mol. The summed E-state index contributed by atoms with van der Waals surface area (Å²) in [5.74, 6) is -0.198. The van der Waals surface area contributed by atoms with Crippen LogP contribution in [0.15, 0.2) is 60.7 Å². The number of rotatable bonds is 7. The topological polar surface area (TPSA) is 107 Å². The number of nitrogens with one attached hydrogen (secondary N) is 2. The molecular formula is C30H31FN6O. The number of halogens is 1. The first-order chi connectivity index (χ1) is 18.5. The average molecular weight is 511 g/mol. The van der Waals surface area contributed by atoms with Gasteiger partial charge in [-0.2, -0.15) is 5.10 Å². The molecule has 0 radical (unpaired) electrons. The molecule has 38 heavy (non-hydrogen) atoms. The summed E-state index contributed by atoms with van der Waals surface area (Å²) in [4.78, 5) is 10.8. The van der Waals surface area contributed by atoms with E-state index >= 15 is 0 Å². The van der Waals surface area contributed by atoms with E-state index in [2.05, 4.69) is 32.2 Å². The third-order valence-electron chi connectivity index (χ3n) is 7.55. The Morgan fingerprint density at radius 1 is 1.13 bits per heavy atom. The number of benzene rings is 3. The molecule has 0 amide bonds. The van der Waals surface area contributed by atoms with Crippen molar-refractivity contribution in [2.75, 3.05) is 13.1 Å². The van der Waals surface area contributed by atoms with Crippen LogP contribution in [0.4, 0.5) is 4.39 Å². The van der Waals surface area contributed by atoms with Crippen LogP contribution < -0.4 is 5.73 Å². The first kappa shape index (κ1) is 24.3. The van der Waals surface area contributed by atoms with Crippen molar-refractivity contribution in [1.29, 1.82) is 0 Å². The van der Waals surface area contributed by atoms with Gasteiger partial charge in [0.2, 0.25) is 0 Å². The maximum Gasteiger partial charge on any atom is 0.165 e. The van der Waals surface area contributed by atoms with Gasteiger partial charge in [-0.25, -0.2) is 9.37 Å². The summed E-state index contributed by atoms with van der Waals surface area (Å²) >= 11 is 0. The van der Waals surface area contributed by atoms with Crippen LogP contribution in [-0.2, 0) is 19.4 Å². The Kier molecular flexibility index (Phi) is 6.43. The van der Waals surface area contributed by atoms with Gasteiger partial charge in [-0.3, -0.25) is 10.00 Å². The molecule has 1 aliphatic rings. The van der Waals surface area contributed by atoms with Crippen molar-refractivity contribution in [3.8, 4) is 28.4 Å². The second kappa shape index (κ2) is 10.0. The van der Waals surface area contributed by atoms with Crippen LogP contribution in [0.3, 0.4) is 0 Å². The van der Waals surface area contributed by atoms with Crippen LogP contribution in [0.25, 0.3) is 33.5 Å². The number of phenols is 1. The molecule has 1 aliphatic heterocycles. The van der Waals surface area contributed by atoms with Crippen molar-refractivity contribution in [2.24, 2.45) is 5.73 Å². The maximum absolute atomic E-state index is 14.1. The Bertz CT molecular complexity index is 1590. The van der Waals surface area contributed by atoms with Gasteiger partial charge >= 0.3 is 0 Å². The van der Waals surface area contributed by atoms with Crippen molar-refractivity contribution in [1.82, 2.24) is 25.1 Å². The number of aromatic nitrogens is 4. The number of phenolic OH excluding ortho intramolecular Hbond substituents is 1. The molecule has 8 heteroatoms. The van der Waals surface area contributed by atoms with E-state index in [4.69, 9.17) is 10.7 Å². The highest BCUT2D eigenvalue weighted by molar-refractivity contribution is 5.94. The minimum atomic E-state index is -0.625. The van der Waals surface area contributed by atoms with Gasteiger partial charge in [0.15, 0.2) is 17.4 Å². The quantitative estimate of drug-likeness (QED) is 0.232. The zero-order valence-corrected chi connectivity index (χ0v) is 21.3. The minimum absolute atomic E-state index is 0.0294. The lowest BCUT2D eigenvalue weighted by Crippen LogP contribution is -2.33. The van der Waals surface area contributed by atoms with Crippen molar-refractivity contribution in [2.45, 2.75) is 38.8 Å². The average Bonchev–Trinajstić information content (AvgIpc) is 3.56. The van der Waals surface area contributed by atoms with E-state index in [1.807, 2.05) is 43.3 Å². The molecule has 0 aliphatic carbocycles. The number of fused-ring (bicyclic) bond motifs is 2. The number of hydrogen-bond acceptors (Lipinski definition) is 5. The Balaban J connectivity index is 1.21. The van der Waals surface area contributed by atoms with Gasteiger partial charge in [0, 0.05) is 37.5 Å². The molecule has 6 rings (SSSR count). The third kappa shape index (κ3) is 4.57. The van der Waals surface area contributed by atoms with Crippen LogP contribution in [0.2, 0.25) is 0 Å². The molecule has 0 unspecified atom stereocenters. The van der Waals surface area contributed by atoms with E-state index < -0.39 is 5.82 Å². The standard InChI is InChI=1S/C30H31FN6O/c1-2-18-15-28(38)23(31)16-22(18)20-8-9-21-26(14-20)35-36-29(21)30-33-25-11-13-37(17-27(25)34-30)12-10-24(32)19-6-4-3-5-7-19/h3-9,14-16,24,38H,2,10-13,17,32H2,1H3,(H,33,34)(H,35,36)/t24-/m0/s1. The van der Waals surface area contributed by atoms with Crippen LogP contribution >= 0.6 is 0 Å². The molecular weight excluding hydrogens is 479 g/mol. The number of hydrogen-bond donors (Lipinski definition) is 4. The predicted molar refractivity (Wildman–Crippen MR) is 147 cm³/mol. The minimum Gasteiger partial charge on any atom is -0.505 e. The number of aromatic hydroxyl groups is 1. The molecule has 0 bridgehead atoms. The normalized spacial score (nSPS) is 14.6. The molecule has 5 N–H and O–H groups in total. The summed E-state index contributed by atoms with van der Waals surface area (Å²) in [5, 5.41) is 18.4. The molecule has 3 heterocycles. The molecule has 7 nitrogen and oxygen atoms in total. The fourth-order valence-corrected chi connectivity index (χ4v) is 5.38. The van der Waals surface area contributed by atoms with E-state index in [0.29, 0.717) is 6.42 Å². The number of aryl methyl sites for hydroxylation is 1. The maximum atomic E-state index is 14.1. The van der Waals surface area contributed by atoms with Crippen molar-refractivity contribution in [3.63, 3.8) is 0 Å². The van der Waals surface area contributed by atoms with E-state index in [1.165, 1.54) is 17.7 Å². The summed E-state index contributed by atoms with van der Waals surface area (Å²) < 4.78 is 14.1. The largest absolute Gasteiger partial charge is 0.505 e. The number of H-pyrrole nitrogens is 2. The molecule has 0 fully saturated rings. The number of nitrogens with two attached hydrogens (primary N) is 1. The predicted octanol–water partition coefficient (Wildman–Crippen LogP) is 5.48. The Hall–Kier alpha value is -4.01. The summed E-state index contributed by atoms with van der Waals surface area (Å²) in [7, 11) is 0. The zero-order chi connectivity index (χ0) is 26.2. The molecule has 0 saturated carbocycles. The van der Waals surface area contributed by atoms with E-state index in [-0.39, 0.29) is 11.8 Å². The van der Waals surface area contributed by atoms with Gasteiger partial charge in [0.25, 0.3) is 0 Å². The lowest BCUT2D eigenvalue weighted by atomic mass is 9.96. The molecule has 5 aromatic rings. The fraction of sp³-hybridized carbons (Fsp3) is 0.267. The van der Waals surface area contributed by atoms with Crippen LogP contribution in [0.5, 0.6) is 5.75 Å². The highest BCUT2D eigenvalue weighted by Gasteiger charge is 2.23. The van der Waals surface area contributed by atoms with Gasteiger partial charge in [-0.1, -0.05) is 43.3 Å². The summed E-state index contributed by atoms with van der Waals surface area (Å²) in [6, 6.07) is 19.1. The summed E-state index contributed by atoms with van der Waals surface area (Å²) in [6.07, 6.45) is 2.46. The Labute approximate surface area is 220 Å². The zero-order valence-electron chi connectivity index (χ0n) is 21.3. The molecule has 0 saturated heterocycles. The molecule has 3 aromatic carbocycles. The van der Waals surface area contributed by atoms with E-state index in [9.17, 15) is 9.50 Å². The van der Waals surface area contributed by atoms with Crippen molar-refractivity contribution < 1.29 is 9.50 Å². The molecule has 194 valence electrons. The van der Waals surface area contributed by atoms with Crippen LogP contribution in [0, 0.1) is 5.82 Å². The highest BCUT2D eigenvalue weighted by Crippen LogP contribution is 2.34. The first-order valence-electron chi connectivity index (χ1n) is 13.1. The van der Waals surface area contributed by atoms with Crippen molar-refractivity contribution in [3.05, 3.63) is 89.0 Å². The second-order valence-electron chi connectivity index (χ2n) is 9.99. The second-order valence-corrected chi connectivity index (χ2v) is 9.99. The SMILES string of the molecule is CCc1cc(O)c(F)cc1-c1ccc2c(-c3nc4c([nH]3)CN(CC[C@H](N)c3ccccc3)CC4)n[nH]c2c1. The van der Waals surface area contributed by atoms with Gasteiger partial charge < -0.3 is 15.8 Å². The van der Waals surface area contributed by atoms with Gasteiger partial charge in [0.1, 0.15) is 5.69 Å². The number of aromatic amines is 2. The van der Waals surface area contributed by atoms with Gasteiger partial charge in [-0.05, 0) is 59.4 Å². The van der Waals surface area contributed by atoms with E-state index in [0.717, 1.165) is 83.0 Å². The first-order valence-corrected chi connectivity index (χ1v) is 13.1. The smallest absolute Gasteiger partial charge is 0.165 e. The fourth-order valence-electron chi connectivity index (χ4n) is 5.38. The Morgan fingerprint density at radius 2 is 1.97 bits per heavy atom. The van der Waals surface area contributed by atoms with Gasteiger partial charge in [0.05, 0.1) is 16.9 Å². The lowest BCUT2D eigenvalue weighted by molar-refractivity contribution is 0.241. The van der Waals surface area contributed by atoms with Crippen molar-refractivity contribution >= 4 is 10.9 Å². The van der Waals surface area contributed by atoms with Crippen LogP contribution in [0.1, 0.15) is 41.9 Å². The summed E-state index contributed by atoms with van der Waals surface area (Å²) in [6.45, 7) is 4.67. The van der Waals surface area contributed by atoms with E-state index in [1.54, 1.807) is 0 Å². The Morgan fingerprint density at radius 3 is 2.79 bits per heavy atom. The summed E-state index contributed by atoms with van der Waals surface area (Å²) in [5.41, 5.74) is 13.9. The molecule has 1 atom stereocenters. The molecule has 0 spiro atoms. The van der Waals surface area contributed by atoms with Gasteiger partial charge in [-0.15, -0.1) is 0 Å².